The Morgan fingerprint density at radius 1 is 1.15 bits per heavy atom. The second kappa shape index (κ2) is 7.75. The van der Waals surface area contributed by atoms with Crippen LogP contribution in [-0.4, -0.2) is 33.3 Å². The summed E-state index contributed by atoms with van der Waals surface area (Å²) in [7, 11) is 4.57. The normalized spacial score (nSPS) is 13.4. The topological polar surface area (TPSA) is 70.8 Å². The van der Waals surface area contributed by atoms with Crippen molar-refractivity contribution in [3.63, 3.8) is 0 Å². The van der Waals surface area contributed by atoms with Crippen molar-refractivity contribution in [2.24, 2.45) is 5.73 Å². The third-order valence-electron chi connectivity index (χ3n) is 3.38. The molecule has 0 saturated heterocycles. The second-order valence-corrected chi connectivity index (χ2v) is 4.62. The van der Waals surface area contributed by atoms with E-state index in [1.807, 2.05) is 18.2 Å². The molecule has 0 bridgehead atoms. The molecule has 0 heterocycles. The van der Waals surface area contributed by atoms with Gasteiger partial charge in [-0.15, -0.1) is 0 Å². The van der Waals surface area contributed by atoms with Gasteiger partial charge in [-0.3, -0.25) is 4.79 Å². The van der Waals surface area contributed by atoms with Gasteiger partial charge >= 0.3 is 5.97 Å². The molecule has 2 atom stereocenters. The third-order valence-corrected chi connectivity index (χ3v) is 3.38. The van der Waals surface area contributed by atoms with Crippen LogP contribution < -0.4 is 15.2 Å². The third kappa shape index (κ3) is 4.13. The lowest BCUT2D eigenvalue weighted by atomic mass is 9.90. The molecule has 0 saturated carbocycles. The molecule has 20 heavy (non-hydrogen) atoms. The minimum Gasteiger partial charge on any atom is -0.497 e. The summed E-state index contributed by atoms with van der Waals surface area (Å²) in [5, 5.41) is 0. The van der Waals surface area contributed by atoms with Crippen LogP contribution in [0.4, 0.5) is 0 Å². The number of nitrogens with two attached hydrogens (primary N) is 1. The molecule has 2 N–H and O–H groups in total. The van der Waals surface area contributed by atoms with E-state index >= 15 is 0 Å². The highest BCUT2D eigenvalue weighted by Crippen LogP contribution is 2.31. The highest BCUT2D eigenvalue weighted by atomic mass is 16.5. The van der Waals surface area contributed by atoms with Gasteiger partial charge in [0, 0.05) is 6.07 Å². The van der Waals surface area contributed by atoms with Crippen LogP contribution in [0.1, 0.15) is 31.2 Å². The average molecular weight is 281 g/mol. The lowest BCUT2D eigenvalue weighted by Crippen LogP contribution is -2.33. The molecule has 0 amide bonds. The van der Waals surface area contributed by atoms with Crippen LogP contribution in [0.15, 0.2) is 18.2 Å². The number of hydrogen-bond donors (Lipinski definition) is 1. The molecule has 0 aliphatic carbocycles. The highest BCUT2D eigenvalue weighted by molar-refractivity contribution is 5.75. The Hall–Kier alpha value is -1.75. The van der Waals surface area contributed by atoms with E-state index in [0.29, 0.717) is 6.42 Å². The van der Waals surface area contributed by atoms with Gasteiger partial charge in [0.2, 0.25) is 0 Å². The molecule has 0 aliphatic rings. The Labute approximate surface area is 120 Å². The van der Waals surface area contributed by atoms with Crippen molar-refractivity contribution in [2.75, 3.05) is 21.3 Å². The average Bonchev–Trinajstić information content (AvgIpc) is 2.50. The fourth-order valence-corrected chi connectivity index (χ4v) is 2.16. The Morgan fingerprint density at radius 3 is 2.10 bits per heavy atom. The zero-order valence-corrected chi connectivity index (χ0v) is 12.5. The predicted octanol–water partition coefficient (Wildman–Crippen LogP) is 2.09. The van der Waals surface area contributed by atoms with Crippen molar-refractivity contribution in [3.8, 4) is 11.5 Å². The van der Waals surface area contributed by atoms with Crippen molar-refractivity contribution < 1.29 is 19.0 Å². The van der Waals surface area contributed by atoms with Crippen LogP contribution in [0.2, 0.25) is 0 Å². The summed E-state index contributed by atoms with van der Waals surface area (Å²) in [6, 6.07) is 5.08. The van der Waals surface area contributed by atoms with E-state index < -0.39 is 12.0 Å². The first kappa shape index (κ1) is 16.3. The highest BCUT2D eigenvalue weighted by Gasteiger charge is 2.21. The summed E-state index contributed by atoms with van der Waals surface area (Å²) in [6.07, 6.45) is 1.39. The fraction of sp³-hybridized carbons (Fsp3) is 0.533. The Kier molecular flexibility index (Phi) is 6.31. The number of carbonyl (C=O) groups is 1. The minimum atomic E-state index is -0.623. The smallest absolute Gasteiger partial charge is 0.322 e. The molecule has 1 rings (SSSR count). The second-order valence-electron chi connectivity index (χ2n) is 4.62. The molecule has 5 nitrogen and oxygen atoms in total. The lowest BCUT2D eigenvalue weighted by Gasteiger charge is -2.20. The molecule has 0 fully saturated rings. The number of methoxy groups -OCH3 is 3. The van der Waals surface area contributed by atoms with Crippen molar-refractivity contribution in [2.45, 2.75) is 31.7 Å². The maximum Gasteiger partial charge on any atom is 0.322 e. The molecule has 0 aromatic heterocycles. The number of rotatable bonds is 7. The van der Waals surface area contributed by atoms with Crippen LogP contribution in [0.5, 0.6) is 11.5 Å². The van der Waals surface area contributed by atoms with E-state index in [2.05, 4.69) is 11.7 Å². The van der Waals surface area contributed by atoms with Crippen molar-refractivity contribution in [1.82, 2.24) is 0 Å². The van der Waals surface area contributed by atoms with Crippen LogP contribution in [0.25, 0.3) is 0 Å². The molecule has 2 unspecified atom stereocenters. The predicted molar refractivity (Wildman–Crippen MR) is 77.2 cm³/mol. The number of ether oxygens (including phenoxy) is 3. The van der Waals surface area contributed by atoms with Crippen molar-refractivity contribution in [3.05, 3.63) is 23.8 Å². The van der Waals surface area contributed by atoms with E-state index in [4.69, 9.17) is 15.2 Å². The molecule has 0 radical (unpaired) electrons. The standard InChI is InChI=1S/C15H23NO4/c1-5-10(8-14(16)15(17)20-4)11-6-12(18-2)9-13(7-11)19-3/h6-7,9-10,14H,5,8,16H2,1-4H3. The van der Waals surface area contributed by atoms with Crippen molar-refractivity contribution >= 4 is 5.97 Å². The van der Waals surface area contributed by atoms with Crippen LogP contribution in [0.3, 0.4) is 0 Å². The van der Waals surface area contributed by atoms with E-state index in [-0.39, 0.29) is 5.92 Å². The van der Waals surface area contributed by atoms with Gasteiger partial charge in [0.05, 0.1) is 21.3 Å². The zero-order chi connectivity index (χ0) is 15.1. The van der Waals surface area contributed by atoms with Gasteiger partial charge in [0.1, 0.15) is 17.5 Å². The largest absolute Gasteiger partial charge is 0.497 e. The number of esters is 1. The summed E-state index contributed by atoms with van der Waals surface area (Å²) in [6.45, 7) is 2.06. The van der Waals surface area contributed by atoms with Gasteiger partial charge in [-0.25, -0.2) is 0 Å². The fourth-order valence-electron chi connectivity index (χ4n) is 2.16. The molecular weight excluding hydrogens is 258 g/mol. The van der Waals surface area contributed by atoms with E-state index in [0.717, 1.165) is 23.5 Å². The van der Waals surface area contributed by atoms with Gasteiger partial charge in [0.25, 0.3) is 0 Å². The van der Waals surface area contributed by atoms with Gasteiger partial charge in [-0.2, -0.15) is 0 Å². The van der Waals surface area contributed by atoms with Crippen LogP contribution in [0, 0.1) is 0 Å². The number of hydrogen-bond acceptors (Lipinski definition) is 5. The van der Waals surface area contributed by atoms with E-state index in [9.17, 15) is 4.79 Å². The van der Waals surface area contributed by atoms with E-state index in [1.54, 1.807) is 14.2 Å². The van der Waals surface area contributed by atoms with Crippen LogP contribution in [-0.2, 0) is 9.53 Å². The Bertz CT molecular complexity index is 425. The maximum absolute atomic E-state index is 11.4. The first-order valence-corrected chi connectivity index (χ1v) is 6.62. The Morgan fingerprint density at radius 2 is 1.70 bits per heavy atom. The summed E-state index contributed by atoms with van der Waals surface area (Å²) < 4.78 is 15.2. The minimum absolute atomic E-state index is 0.146. The van der Waals surface area contributed by atoms with Gasteiger partial charge in [-0.05, 0) is 36.5 Å². The number of benzene rings is 1. The van der Waals surface area contributed by atoms with Gasteiger partial charge < -0.3 is 19.9 Å². The SMILES string of the molecule is CCC(CC(N)C(=O)OC)c1cc(OC)cc(OC)c1. The Balaban J connectivity index is 2.96. The first-order valence-electron chi connectivity index (χ1n) is 6.62. The summed E-state index contributed by atoms with van der Waals surface area (Å²) in [5.41, 5.74) is 6.89. The molecule has 112 valence electrons. The maximum atomic E-state index is 11.4. The lowest BCUT2D eigenvalue weighted by molar-refractivity contribution is -0.142. The molecule has 5 heteroatoms. The quantitative estimate of drug-likeness (QED) is 0.775. The molecule has 0 spiro atoms. The van der Waals surface area contributed by atoms with Gasteiger partial charge in [-0.1, -0.05) is 6.92 Å². The van der Waals surface area contributed by atoms with Crippen LogP contribution >= 0.6 is 0 Å². The number of carbonyl (C=O) groups excluding carboxylic acids is 1. The molecule has 0 aliphatic heterocycles. The summed E-state index contributed by atoms with van der Waals surface area (Å²) in [4.78, 5) is 11.4. The molecular formula is C15H23NO4. The van der Waals surface area contributed by atoms with E-state index in [1.165, 1.54) is 7.11 Å². The summed E-state index contributed by atoms with van der Waals surface area (Å²) >= 11 is 0. The monoisotopic (exact) mass is 281 g/mol. The molecule has 1 aromatic rings. The van der Waals surface area contributed by atoms with Crippen molar-refractivity contribution in [1.29, 1.82) is 0 Å². The van der Waals surface area contributed by atoms with Gasteiger partial charge in [0.15, 0.2) is 0 Å². The zero-order valence-electron chi connectivity index (χ0n) is 12.5. The molecule has 1 aromatic carbocycles. The first-order chi connectivity index (χ1) is 9.55. The summed E-state index contributed by atoms with van der Waals surface area (Å²) in [5.74, 6) is 1.21.